The van der Waals surface area contributed by atoms with Gasteiger partial charge in [0.1, 0.15) is 0 Å². The van der Waals surface area contributed by atoms with Crippen molar-refractivity contribution in [2.75, 3.05) is 4.90 Å². The van der Waals surface area contributed by atoms with Crippen molar-refractivity contribution >= 4 is 60.7 Å². The maximum absolute atomic E-state index is 2.52. The van der Waals surface area contributed by atoms with Gasteiger partial charge in [0.2, 0.25) is 0 Å². The Bertz CT molecular complexity index is 4560. The van der Waals surface area contributed by atoms with Crippen LogP contribution in [0.25, 0.3) is 99.5 Å². The molecular weight excluding hydrogens is 919 g/mol. The molecule has 1 unspecified atom stereocenters. The summed E-state index contributed by atoms with van der Waals surface area (Å²) in [5.74, 6) is 0. The van der Waals surface area contributed by atoms with E-state index < -0.39 is 5.41 Å². The molecule has 14 aromatic rings. The zero-order valence-corrected chi connectivity index (χ0v) is 41.5. The first kappa shape index (κ1) is 42.5. The summed E-state index contributed by atoms with van der Waals surface area (Å²) in [5, 5.41) is 5.09. The number of aromatic nitrogens is 2. The van der Waals surface area contributed by atoms with Crippen molar-refractivity contribution in [3.05, 3.63) is 307 Å². The fourth-order valence-electron chi connectivity index (χ4n) is 13.3. The van der Waals surface area contributed by atoms with E-state index in [-0.39, 0.29) is 0 Å². The van der Waals surface area contributed by atoms with Gasteiger partial charge in [-0.25, -0.2) is 0 Å². The highest BCUT2D eigenvalue weighted by atomic mass is 15.1. The number of rotatable bonds is 7. The van der Waals surface area contributed by atoms with E-state index >= 15 is 0 Å². The minimum Gasteiger partial charge on any atom is -0.310 e. The Hall–Kier alpha value is -9.96. The van der Waals surface area contributed by atoms with E-state index in [1.165, 1.54) is 99.4 Å². The van der Waals surface area contributed by atoms with Gasteiger partial charge < -0.3 is 14.0 Å². The molecule has 0 amide bonds. The number of para-hydroxylation sites is 6. The minimum absolute atomic E-state index is 0.535. The minimum atomic E-state index is -0.535. The van der Waals surface area contributed by atoms with E-state index in [0.717, 1.165) is 39.4 Å². The van der Waals surface area contributed by atoms with E-state index in [2.05, 4.69) is 299 Å². The van der Waals surface area contributed by atoms with Crippen molar-refractivity contribution in [2.45, 2.75) is 5.41 Å². The molecule has 1 aliphatic carbocycles. The van der Waals surface area contributed by atoms with Gasteiger partial charge in [-0.1, -0.05) is 218 Å². The van der Waals surface area contributed by atoms with Crippen LogP contribution in [0.15, 0.2) is 285 Å². The molecule has 0 radical (unpaired) electrons. The van der Waals surface area contributed by atoms with Crippen LogP contribution in [-0.4, -0.2) is 9.13 Å². The molecule has 354 valence electrons. The van der Waals surface area contributed by atoms with Crippen molar-refractivity contribution in [3.8, 4) is 55.9 Å². The zero-order valence-electron chi connectivity index (χ0n) is 41.5. The molecular formula is C73H47N3. The first-order valence-electron chi connectivity index (χ1n) is 26.3. The van der Waals surface area contributed by atoms with Crippen LogP contribution in [0.2, 0.25) is 0 Å². The van der Waals surface area contributed by atoms with Gasteiger partial charge in [0.15, 0.2) is 0 Å². The molecule has 16 rings (SSSR count). The maximum atomic E-state index is 2.52. The second kappa shape index (κ2) is 16.5. The fraction of sp³-hybridized carbons (Fsp3) is 0.0137. The fourth-order valence-corrected chi connectivity index (χ4v) is 13.3. The number of nitrogens with zero attached hydrogens (tertiary/aromatic N) is 3. The third-order valence-corrected chi connectivity index (χ3v) is 16.5. The summed E-state index contributed by atoms with van der Waals surface area (Å²) in [5.41, 5.74) is 24.9. The lowest BCUT2D eigenvalue weighted by molar-refractivity contribution is 0.748. The molecule has 1 spiro atoms. The zero-order chi connectivity index (χ0) is 49.9. The Morgan fingerprint density at radius 3 is 1.46 bits per heavy atom. The van der Waals surface area contributed by atoms with Gasteiger partial charge in [-0.2, -0.15) is 0 Å². The summed E-state index contributed by atoms with van der Waals surface area (Å²) in [6.07, 6.45) is 0. The molecule has 2 aromatic heterocycles. The maximum Gasteiger partial charge on any atom is 0.0754 e. The molecule has 3 heterocycles. The largest absolute Gasteiger partial charge is 0.310 e. The molecule has 76 heavy (non-hydrogen) atoms. The normalized spacial score (nSPS) is 14.1. The van der Waals surface area contributed by atoms with Gasteiger partial charge in [-0.05, 0) is 128 Å². The first-order chi connectivity index (χ1) is 37.7. The molecule has 0 bridgehead atoms. The molecule has 0 saturated heterocycles. The van der Waals surface area contributed by atoms with Gasteiger partial charge in [-0.15, -0.1) is 0 Å². The van der Waals surface area contributed by atoms with E-state index in [1.54, 1.807) is 0 Å². The lowest BCUT2D eigenvalue weighted by atomic mass is 9.65. The highest BCUT2D eigenvalue weighted by Gasteiger charge is 2.51. The molecule has 3 heteroatoms. The number of benzene rings is 12. The molecule has 1 atom stereocenters. The molecule has 12 aromatic carbocycles. The van der Waals surface area contributed by atoms with Crippen molar-refractivity contribution in [1.82, 2.24) is 9.13 Å². The van der Waals surface area contributed by atoms with Crippen molar-refractivity contribution in [3.63, 3.8) is 0 Å². The first-order valence-corrected chi connectivity index (χ1v) is 26.3. The monoisotopic (exact) mass is 965 g/mol. The van der Waals surface area contributed by atoms with Gasteiger partial charge in [0, 0.05) is 44.2 Å². The average molecular weight is 966 g/mol. The number of fused-ring (bicyclic) bond motifs is 15. The lowest BCUT2D eigenvalue weighted by Gasteiger charge is -2.39. The summed E-state index contributed by atoms with van der Waals surface area (Å²) in [6, 6.07) is 106. The third kappa shape index (κ3) is 6.05. The summed E-state index contributed by atoms with van der Waals surface area (Å²) < 4.78 is 4.90. The van der Waals surface area contributed by atoms with Crippen molar-refractivity contribution < 1.29 is 0 Å². The van der Waals surface area contributed by atoms with Gasteiger partial charge in [0.05, 0.1) is 38.9 Å². The van der Waals surface area contributed by atoms with Crippen LogP contribution < -0.4 is 4.90 Å². The Balaban J connectivity index is 0.862. The molecule has 2 aliphatic rings. The van der Waals surface area contributed by atoms with Crippen LogP contribution in [0.3, 0.4) is 0 Å². The molecule has 0 fully saturated rings. The Kier molecular flexibility index (Phi) is 9.25. The lowest BCUT2D eigenvalue weighted by Crippen LogP contribution is -2.33. The van der Waals surface area contributed by atoms with Gasteiger partial charge in [-0.3, -0.25) is 0 Å². The second-order valence-corrected chi connectivity index (χ2v) is 20.4. The summed E-state index contributed by atoms with van der Waals surface area (Å²) >= 11 is 0. The van der Waals surface area contributed by atoms with Crippen LogP contribution in [0.5, 0.6) is 0 Å². The van der Waals surface area contributed by atoms with Gasteiger partial charge in [0.25, 0.3) is 0 Å². The average Bonchev–Trinajstić information content (AvgIpc) is 4.32. The van der Waals surface area contributed by atoms with Crippen molar-refractivity contribution in [1.29, 1.82) is 0 Å². The summed E-state index contributed by atoms with van der Waals surface area (Å²) in [6.45, 7) is 0. The van der Waals surface area contributed by atoms with Crippen LogP contribution in [0, 0.1) is 0 Å². The number of anilines is 3. The highest BCUT2D eigenvalue weighted by Crippen LogP contribution is 2.62. The Morgan fingerprint density at radius 2 is 0.750 bits per heavy atom. The number of hydrogen-bond acceptors (Lipinski definition) is 1. The molecule has 0 N–H and O–H groups in total. The molecule has 3 nitrogen and oxygen atoms in total. The quantitative estimate of drug-likeness (QED) is 0.155. The van der Waals surface area contributed by atoms with Crippen LogP contribution >= 0.6 is 0 Å². The SMILES string of the molecule is c1ccc(-c2ccc(-c3ccccc3N(c3ccc(-c4ccc(-n5c6ccccc6c6ccccc65)cc4)cc3)c3ccc4c(c3)-c3ccccc3C43c4ccccc4-n4c5ccccc5c5cccc3c54)cc2)cc1. The van der Waals surface area contributed by atoms with E-state index in [1.807, 2.05) is 0 Å². The second-order valence-electron chi connectivity index (χ2n) is 20.4. The van der Waals surface area contributed by atoms with Crippen LogP contribution in [0.1, 0.15) is 22.3 Å². The van der Waals surface area contributed by atoms with E-state index in [9.17, 15) is 0 Å². The third-order valence-electron chi connectivity index (χ3n) is 16.5. The Morgan fingerprint density at radius 1 is 0.276 bits per heavy atom. The smallest absolute Gasteiger partial charge is 0.0754 e. The topological polar surface area (TPSA) is 13.1 Å². The highest BCUT2D eigenvalue weighted by molar-refractivity contribution is 6.13. The van der Waals surface area contributed by atoms with E-state index in [4.69, 9.17) is 0 Å². The van der Waals surface area contributed by atoms with Crippen LogP contribution in [0.4, 0.5) is 17.1 Å². The summed E-state index contributed by atoms with van der Waals surface area (Å²) in [4.78, 5) is 2.47. The molecule has 1 aliphatic heterocycles. The predicted molar refractivity (Wildman–Crippen MR) is 317 cm³/mol. The summed E-state index contributed by atoms with van der Waals surface area (Å²) in [7, 11) is 0. The van der Waals surface area contributed by atoms with Crippen LogP contribution in [-0.2, 0) is 5.41 Å². The van der Waals surface area contributed by atoms with E-state index in [0.29, 0.717) is 0 Å². The van der Waals surface area contributed by atoms with Gasteiger partial charge >= 0.3 is 0 Å². The number of hydrogen-bond donors (Lipinski definition) is 0. The standard InChI is InChI=1S/C73H47N3/c1-2-17-48(18-3-1)49-33-35-52(36-34-49)56-19-5-11-28-67(56)74(53-41-37-50(38-42-53)51-39-43-54(44-40-51)75-68-29-12-6-21-58(68)59-22-7-13-30-69(59)75)55-45-46-64-62(47-55)57-20-4-9-25-63(57)73(64)65-26-10-15-32-71(65)76-70-31-14-8-23-60(70)61-24-16-27-66(73)72(61)76/h1-47H. The Labute approximate surface area is 441 Å². The molecule has 0 saturated carbocycles. The predicted octanol–water partition coefficient (Wildman–Crippen LogP) is 19.0. The van der Waals surface area contributed by atoms with Crippen molar-refractivity contribution in [2.24, 2.45) is 0 Å².